The molecular weight excluding hydrogens is 126 g/mol. The third-order valence-corrected chi connectivity index (χ3v) is 0.831. The SMILES string of the molecule is FCC(Cl)=CCl. The normalized spacial score (nSPS) is 12.2. The van der Waals surface area contributed by atoms with Crippen molar-refractivity contribution < 1.29 is 4.39 Å². The molecule has 0 aromatic rings. The molecule has 0 unspecified atom stereocenters. The second-order valence-corrected chi connectivity index (χ2v) is 1.39. The van der Waals surface area contributed by atoms with Gasteiger partial charge < -0.3 is 0 Å². The molecule has 0 amide bonds. The topological polar surface area (TPSA) is 0 Å². The van der Waals surface area contributed by atoms with Gasteiger partial charge in [0.1, 0.15) is 6.67 Å². The van der Waals surface area contributed by atoms with Crippen molar-refractivity contribution in [2.75, 3.05) is 6.67 Å². The van der Waals surface area contributed by atoms with Crippen molar-refractivity contribution >= 4 is 23.2 Å². The van der Waals surface area contributed by atoms with Crippen LogP contribution in [0.1, 0.15) is 0 Å². The van der Waals surface area contributed by atoms with Gasteiger partial charge in [-0.25, -0.2) is 4.39 Å². The van der Waals surface area contributed by atoms with Crippen LogP contribution in [-0.2, 0) is 0 Å². The summed E-state index contributed by atoms with van der Waals surface area (Å²) in [5, 5.41) is 0.0386. The standard InChI is InChI=1S/C3H3Cl2F/c4-1-3(5)2-6/h1H,2H2. The van der Waals surface area contributed by atoms with Crippen molar-refractivity contribution in [3.8, 4) is 0 Å². The maximum absolute atomic E-state index is 11.1. The van der Waals surface area contributed by atoms with Crippen molar-refractivity contribution in [1.29, 1.82) is 0 Å². The highest BCUT2D eigenvalue weighted by molar-refractivity contribution is 6.36. The Bertz CT molecular complexity index is 59.8. The Morgan fingerprint density at radius 1 is 1.83 bits per heavy atom. The van der Waals surface area contributed by atoms with E-state index in [2.05, 4.69) is 0 Å². The van der Waals surface area contributed by atoms with E-state index < -0.39 is 6.67 Å². The fraction of sp³-hybridized carbons (Fsp3) is 0.333. The number of alkyl halides is 1. The lowest BCUT2D eigenvalue weighted by Gasteiger charge is -1.76. The molecule has 0 heterocycles. The minimum absolute atomic E-state index is 0.0386. The third-order valence-electron chi connectivity index (χ3n) is 0.246. The summed E-state index contributed by atoms with van der Waals surface area (Å²) in [6.45, 7) is -0.676. The number of rotatable bonds is 1. The summed E-state index contributed by atoms with van der Waals surface area (Å²) in [5.74, 6) is 0. The van der Waals surface area contributed by atoms with Gasteiger partial charge in [-0.05, 0) is 0 Å². The van der Waals surface area contributed by atoms with Gasteiger partial charge in [0.2, 0.25) is 0 Å². The Morgan fingerprint density at radius 2 is 2.33 bits per heavy atom. The van der Waals surface area contributed by atoms with Crippen molar-refractivity contribution in [3.05, 3.63) is 10.6 Å². The number of hydrogen-bond donors (Lipinski definition) is 0. The molecule has 0 fully saturated rings. The molecule has 6 heavy (non-hydrogen) atoms. The zero-order valence-electron chi connectivity index (χ0n) is 2.92. The molecule has 0 N–H and O–H groups in total. The lowest BCUT2D eigenvalue weighted by atomic mass is 10.7. The van der Waals surface area contributed by atoms with Crippen molar-refractivity contribution in [1.82, 2.24) is 0 Å². The van der Waals surface area contributed by atoms with Gasteiger partial charge in [0, 0.05) is 5.54 Å². The first-order valence-electron chi connectivity index (χ1n) is 1.32. The molecule has 3 heteroatoms. The fourth-order valence-electron chi connectivity index (χ4n) is 0.0292. The Kier molecular flexibility index (Phi) is 3.58. The predicted octanol–water partition coefficient (Wildman–Crippen LogP) is 2.27. The van der Waals surface area contributed by atoms with E-state index >= 15 is 0 Å². The van der Waals surface area contributed by atoms with E-state index in [1.165, 1.54) is 0 Å². The van der Waals surface area contributed by atoms with E-state index in [-0.39, 0.29) is 5.03 Å². The summed E-state index contributed by atoms with van der Waals surface area (Å²) in [5.41, 5.74) is 1.00. The van der Waals surface area contributed by atoms with Crippen molar-refractivity contribution in [2.45, 2.75) is 0 Å². The summed E-state index contributed by atoms with van der Waals surface area (Å²) < 4.78 is 11.1. The lowest BCUT2D eigenvalue weighted by molar-refractivity contribution is 0.556. The number of halogens is 3. The van der Waals surface area contributed by atoms with E-state index in [1.807, 2.05) is 0 Å². The zero-order chi connectivity index (χ0) is 4.99. The van der Waals surface area contributed by atoms with Crippen LogP contribution in [0.15, 0.2) is 10.6 Å². The van der Waals surface area contributed by atoms with E-state index in [0.29, 0.717) is 0 Å². The molecule has 0 bridgehead atoms. The van der Waals surface area contributed by atoms with Gasteiger partial charge in [0.25, 0.3) is 0 Å². The molecule has 0 aromatic heterocycles. The monoisotopic (exact) mass is 128 g/mol. The quantitative estimate of drug-likeness (QED) is 0.509. The molecule has 0 aliphatic carbocycles. The molecule has 0 radical (unpaired) electrons. The second-order valence-electron chi connectivity index (χ2n) is 0.690. The zero-order valence-corrected chi connectivity index (χ0v) is 4.43. The van der Waals surface area contributed by atoms with Crippen molar-refractivity contribution in [2.24, 2.45) is 0 Å². The highest BCUT2D eigenvalue weighted by Crippen LogP contribution is 2.01. The molecule has 36 valence electrons. The molecule has 0 aliphatic heterocycles. The molecule has 0 saturated heterocycles. The molecule has 0 atom stereocenters. The van der Waals surface area contributed by atoms with E-state index in [0.717, 1.165) is 5.54 Å². The molecule has 0 aliphatic rings. The molecule has 0 rings (SSSR count). The Morgan fingerprint density at radius 3 is 2.33 bits per heavy atom. The van der Waals surface area contributed by atoms with E-state index in [9.17, 15) is 4.39 Å². The maximum atomic E-state index is 11.1. The van der Waals surface area contributed by atoms with Gasteiger partial charge in [0.15, 0.2) is 0 Å². The first kappa shape index (κ1) is 6.25. The molecule has 0 saturated carbocycles. The van der Waals surface area contributed by atoms with Crippen LogP contribution in [0.3, 0.4) is 0 Å². The van der Waals surface area contributed by atoms with Gasteiger partial charge in [-0.1, -0.05) is 23.2 Å². The summed E-state index contributed by atoms with van der Waals surface area (Å²) in [4.78, 5) is 0. The average molecular weight is 129 g/mol. The summed E-state index contributed by atoms with van der Waals surface area (Å²) in [7, 11) is 0. The largest absolute Gasteiger partial charge is 0.245 e. The Labute approximate surface area is 45.6 Å². The third kappa shape index (κ3) is 2.49. The molecule has 0 spiro atoms. The fourth-order valence-corrected chi connectivity index (χ4v) is 0.0875. The van der Waals surface area contributed by atoms with Crippen LogP contribution in [0.25, 0.3) is 0 Å². The smallest absolute Gasteiger partial charge is 0.126 e. The van der Waals surface area contributed by atoms with Crippen molar-refractivity contribution in [3.63, 3.8) is 0 Å². The van der Waals surface area contributed by atoms with Crippen LogP contribution in [0.5, 0.6) is 0 Å². The van der Waals surface area contributed by atoms with Crippen LogP contribution < -0.4 is 0 Å². The van der Waals surface area contributed by atoms with Gasteiger partial charge in [-0.3, -0.25) is 0 Å². The van der Waals surface area contributed by atoms with Crippen LogP contribution in [0.2, 0.25) is 0 Å². The van der Waals surface area contributed by atoms with Crippen LogP contribution in [0.4, 0.5) is 4.39 Å². The van der Waals surface area contributed by atoms with Crippen LogP contribution >= 0.6 is 23.2 Å². The number of allylic oxidation sites excluding steroid dienone is 1. The van der Waals surface area contributed by atoms with Crippen LogP contribution in [0, 0.1) is 0 Å². The minimum Gasteiger partial charge on any atom is -0.245 e. The van der Waals surface area contributed by atoms with Gasteiger partial charge >= 0.3 is 0 Å². The average Bonchev–Trinajstić information content (AvgIpc) is 1.65. The summed E-state index contributed by atoms with van der Waals surface area (Å²) in [6, 6.07) is 0. The van der Waals surface area contributed by atoms with E-state index in [1.54, 1.807) is 0 Å². The van der Waals surface area contributed by atoms with Gasteiger partial charge in [0.05, 0.1) is 5.03 Å². The summed E-state index contributed by atoms with van der Waals surface area (Å²) >= 11 is 9.92. The molecule has 0 nitrogen and oxygen atoms in total. The minimum atomic E-state index is -0.676. The maximum Gasteiger partial charge on any atom is 0.126 e. The predicted molar refractivity (Wildman–Crippen MR) is 25.8 cm³/mol. The second kappa shape index (κ2) is 3.44. The number of hydrogen-bond acceptors (Lipinski definition) is 0. The summed E-state index contributed by atoms with van der Waals surface area (Å²) in [6.07, 6.45) is 0. The Hall–Kier alpha value is 0.250. The molecular formula is C3H3Cl2F. The van der Waals surface area contributed by atoms with Gasteiger partial charge in [-0.15, -0.1) is 0 Å². The van der Waals surface area contributed by atoms with Gasteiger partial charge in [-0.2, -0.15) is 0 Å². The molecule has 0 aromatic carbocycles. The highest BCUT2D eigenvalue weighted by Gasteiger charge is 1.82. The first-order valence-corrected chi connectivity index (χ1v) is 2.13. The highest BCUT2D eigenvalue weighted by atomic mass is 35.5. The lowest BCUT2D eigenvalue weighted by Crippen LogP contribution is -1.66. The van der Waals surface area contributed by atoms with E-state index in [4.69, 9.17) is 23.2 Å². The Balaban J connectivity index is 3.22. The first-order chi connectivity index (χ1) is 2.81. The van der Waals surface area contributed by atoms with Crippen LogP contribution in [-0.4, -0.2) is 6.67 Å².